The first kappa shape index (κ1) is 22.0. The minimum absolute atomic E-state index is 0.0605. The number of aromatic hydroxyl groups is 2. The second kappa shape index (κ2) is 10.9. The molecular formula is C24H18N4O4. The molecule has 0 spiro atoms. The van der Waals surface area contributed by atoms with Crippen molar-refractivity contribution < 1.29 is 19.8 Å². The van der Waals surface area contributed by atoms with E-state index in [0.29, 0.717) is 22.8 Å². The van der Waals surface area contributed by atoms with E-state index in [1.54, 1.807) is 72.8 Å². The molecule has 158 valence electrons. The summed E-state index contributed by atoms with van der Waals surface area (Å²) in [6.07, 6.45) is 12.1. The Labute approximate surface area is 183 Å². The molecule has 32 heavy (non-hydrogen) atoms. The molecule has 8 heteroatoms. The summed E-state index contributed by atoms with van der Waals surface area (Å²) >= 11 is 0. The predicted octanol–water partition coefficient (Wildman–Crippen LogP) is 4.69. The highest BCUT2D eigenvalue weighted by atomic mass is 16.3. The molecule has 2 aliphatic rings. The molecule has 0 heterocycles. The summed E-state index contributed by atoms with van der Waals surface area (Å²) in [4.78, 5) is 21.7. The van der Waals surface area contributed by atoms with E-state index < -0.39 is 0 Å². The van der Waals surface area contributed by atoms with Crippen molar-refractivity contribution in [2.75, 3.05) is 0 Å². The first-order chi connectivity index (χ1) is 15.5. The van der Waals surface area contributed by atoms with E-state index in [1.807, 2.05) is 0 Å². The van der Waals surface area contributed by atoms with E-state index in [2.05, 4.69) is 20.4 Å². The molecular weight excluding hydrogens is 408 g/mol. The number of hydrogen-bond acceptors (Lipinski definition) is 8. The highest BCUT2D eigenvalue weighted by Crippen LogP contribution is 2.21. The first-order valence-electron chi connectivity index (χ1n) is 9.44. The van der Waals surface area contributed by atoms with Crippen LogP contribution in [0.25, 0.3) is 0 Å². The molecule has 0 aromatic heterocycles. The molecule has 2 aromatic rings. The van der Waals surface area contributed by atoms with Crippen molar-refractivity contribution in [2.24, 2.45) is 20.4 Å². The van der Waals surface area contributed by atoms with Gasteiger partial charge in [-0.05, 0) is 97.1 Å². The summed E-state index contributed by atoms with van der Waals surface area (Å²) in [6, 6.07) is 12.9. The average molecular weight is 426 g/mol. The summed E-state index contributed by atoms with van der Waals surface area (Å²) in [7, 11) is 0. The molecule has 2 aliphatic carbocycles. The first-order valence-corrected chi connectivity index (χ1v) is 9.44. The zero-order valence-corrected chi connectivity index (χ0v) is 16.7. The predicted molar refractivity (Wildman–Crippen MR) is 122 cm³/mol. The van der Waals surface area contributed by atoms with Crippen molar-refractivity contribution in [3.63, 3.8) is 0 Å². The Morgan fingerprint density at radius 1 is 0.469 bits per heavy atom. The van der Waals surface area contributed by atoms with Crippen molar-refractivity contribution in [3.8, 4) is 11.5 Å². The SMILES string of the molecule is O=C1C=CC(=NN=C2C=CC(=O)C=C2)C=C1.Oc1ccc(N=Nc2ccc(O)cc2)cc1. The number of benzene rings is 2. The topological polar surface area (TPSA) is 124 Å². The highest BCUT2D eigenvalue weighted by molar-refractivity contribution is 6.18. The maximum Gasteiger partial charge on any atom is 0.178 e. The van der Waals surface area contributed by atoms with Gasteiger partial charge >= 0.3 is 0 Å². The Bertz CT molecular complexity index is 1070. The third kappa shape index (κ3) is 7.27. The molecule has 0 saturated heterocycles. The van der Waals surface area contributed by atoms with Crippen LogP contribution in [0, 0.1) is 0 Å². The fraction of sp³-hybridized carbons (Fsp3) is 0. The van der Waals surface area contributed by atoms with Gasteiger partial charge in [0.2, 0.25) is 0 Å². The van der Waals surface area contributed by atoms with E-state index in [0.717, 1.165) is 0 Å². The smallest absolute Gasteiger partial charge is 0.178 e. The fourth-order valence-electron chi connectivity index (χ4n) is 2.30. The molecule has 0 atom stereocenters. The number of phenols is 2. The highest BCUT2D eigenvalue weighted by Gasteiger charge is 2.01. The van der Waals surface area contributed by atoms with Crippen LogP contribution in [-0.4, -0.2) is 33.2 Å². The minimum Gasteiger partial charge on any atom is -0.508 e. The summed E-state index contributed by atoms with van der Waals surface area (Å²) < 4.78 is 0. The van der Waals surface area contributed by atoms with Crippen LogP contribution in [0.4, 0.5) is 11.4 Å². The van der Waals surface area contributed by atoms with E-state index in [4.69, 9.17) is 10.2 Å². The van der Waals surface area contributed by atoms with E-state index in [9.17, 15) is 9.59 Å². The fourth-order valence-corrected chi connectivity index (χ4v) is 2.30. The van der Waals surface area contributed by atoms with Crippen molar-refractivity contribution in [1.82, 2.24) is 0 Å². The monoisotopic (exact) mass is 426 g/mol. The number of hydrogen-bond donors (Lipinski definition) is 2. The number of rotatable bonds is 3. The Morgan fingerprint density at radius 3 is 1.09 bits per heavy atom. The van der Waals surface area contributed by atoms with Gasteiger partial charge < -0.3 is 10.2 Å². The van der Waals surface area contributed by atoms with Gasteiger partial charge in [0.1, 0.15) is 11.5 Å². The van der Waals surface area contributed by atoms with Gasteiger partial charge in [0.15, 0.2) is 11.6 Å². The van der Waals surface area contributed by atoms with Crippen LogP contribution in [0.5, 0.6) is 11.5 Å². The molecule has 4 rings (SSSR count). The van der Waals surface area contributed by atoms with E-state index >= 15 is 0 Å². The number of allylic oxidation sites excluding steroid dienone is 8. The van der Waals surface area contributed by atoms with Crippen LogP contribution in [0.15, 0.2) is 118 Å². The van der Waals surface area contributed by atoms with Crippen LogP contribution in [0.3, 0.4) is 0 Å². The Hall–Kier alpha value is -4.72. The van der Waals surface area contributed by atoms with Crippen molar-refractivity contribution in [3.05, 3.63) is 97.1 Å². The molecule has 2 aromatic carbocycles. The number of phenolic OH excluding ortho intramolecular Hbond substituents is 2. The molecule has 0 saturated carbocycles. The lowest BCUT2D eigenvalue weighted by Gasteiger charge is -1.97. The summed E-state index contributed by atoms with van der Waals surface area (Å²) in [5.74, 6) is 0.275. The normalized spacial score (nSPS) is 14.5. The summed E-state index contributed by atoms with van der Waals surface area (Å²) in [5, 5.41) is 34.0. The second-order valence-corrected chi connectivity index (χ2v) is 6.42. The maximum atomic E-state index is 10.8. The van der Waals surface area contributed by atoms with Crippen molar-refractivity contribution in [2.45, 2.75) is 0 Å². The Balaban J connectivity index is 0.000000181. The van der Waals surface area contributed by atoms with Gasteiger partial charge in [-0.25, -0.2) is 0 Å². The van der Waals surface area contributed by atoms with Gasteiger partial charge in [0.25, 0.3) is 0 Å². The van der Waals surface area contributed by atoms with Gasteiger partial charge in [-0.3, -0.25) is 9.59 Å². The number of carbonyl (C=O) groups excluding carboxylic acids is 2. The lowest BCUT2D eigenvalue weighted by atomic mass is 10.1. The molecule has 0 radical (unpaired) electrons. The number of ketones is 2. The van der Waals surface area contributed by atoms with Crippen LogP contribution < -0.4 is 0 Å². The Morgan fingerprint density at radius 2 is 0.781 bits per heavy atom. The molecule has 0 amide bonds. The molecule has 0 unspecified atom stereocenters. The van der Waals surface area contributed by atoms with Crippen LogP contribution in [0.1, 0.15) is 0 Å². The standard InChI is InChI=1S/C12H10N2O2.C12H8N2O2/c2*15-11-5-1-9(2-6-11)13-14-10-3-7-12(16)8-4-10/h1-8,15-16H;1-8H. The second-order valence-electron chi connectivity index (χ2n) is 6.42. The minimum atomic E-state index is -0.0605. The van der Waals surface area contributed by atoms with Gasteiger partial charge in [-0.2, -0.15) is 20.4 Å². The lowest BCUT2D eigenvalue weighted by molar-refractivity contribution is -0.111. The Kier molecular flexibility index (Phi) is 7.48. The zero-order valence-electron chi connectivity index (χ0n) is 16.7. The third-order valence-electron chi connectivity index (χ3n) is 3.93. The number of azo groups is 1. The van der Waals surface area contributed by atoms with Gasteiger partial charge in [-0.1, -0.05) is 0 Å². The van der Waals surface area contributed by atoms with Gasteiger partial charge in [0, 0.05) is 0 Å². The summed E-state index contributed by atoms with van der Waals surface area (Å²) in [5.41, 5.74) is 2.52. The molecule has 2 N–H and O–H groups in total. The van der Waals surface area contributed by atoms with Crippen molar-refractivity contribution >= 4 is 34.4 Å². The number of nitrogens with zero attached hydrogens (tertiary/aromatic N) is 4. The lowest BCUT2D eigenvalue weighted by Crippen LogP contribution is -2.01. The zero-order chi connectivity index (χ0) is 22.8. The van der Waals surface area contributed by atoms with E-state index in [1.165, 1.54) is 24.3 Å². The van der Waals surface area contributed by atoms with E-state index in [-0.39, 0.29) is 23.1 Å². The average Bonchev–Trinajstić information content (AvgIpc) is 2.81. The molecule has 0 bridgehead atoms. The quantitative estimate of drug-likeness (QED) is 0.420. The van der Waals surface area contributed by atoms with Gasteiger partial charge in [0.05, 0.1) is 22.8 Å². The van der Waals surface area contributed by atoms with Gasteiger partial charge in [-0.15, -0.1) is 0 Å². The molecule has 8 nitrogen and oxygen atoms in total. The maximum absolute atomic E-state index is 10.8. The van der Waals surface area contributed by atoms with Crippen LogP contribution in [-0.2, 0) is 9.59 Å². The van der Waals surface area contributed by atoms with Crippen LogP contribution >= 0.6 is 0 Å². The summed E-state index contributed by atoms with van der Waals surface area (Å²) in [6.45, 7) is 0. The molecule has 0 fully saturated rings. The number of carbonyl (C=O) groups is 2. The third-order valence-corrected chi connectivity index (χ3v) is 3.93. The van der Waals surface area contributed by atoms with Crippen LogP contribution in [0.2, 0.25) is 0 Å². The molecule has 0 aliphatic heterocycles. The van der Waals surface area contributed by atoms with Crippen molar-refractivity contribution in [1.29, 1.82) is 0 Å². The largest absolute Gasteiger partial charge is 0.508 e.